The summed E-state index contributed by atoms with van der Waals surface area (Å²) in [5, 5.41) is 11.7. The summed E-state index contributed by atoms with van der Waals surface area (Å²) >= 11 is 5.96. The minimum atomic E-state index is -1.08. The lowest BCUT2D eigenvalue weighted by molar-refractivity contribution is 0.194. The number of pyridine rings is 1. The molecule has 0 spiro atoms. The molecule has 4 nitrogen and oxygen atoms in total. The fraction of sp³-hybridized carbons (Fsp3) is 0.167. The number of hydrogen-bond donors (Lipinski definition) is 2. The smallest absolute Gasteiger partial charge is 0.404 e. The Bertz CT molecular complexity index is 604. The second kappa shape index (κ2) is 5.18. The third kappa shape index (κ3) is 2.87. The Labute approximate surface area is 107 Å². The molecule has 0 saturated carbocycles. The number of amides is 1. The van der Waals surface area contributed by atoms with E-state index in [0.29, 0.717) is 11.9 Å². The van der Waals surface area contributed by atoms with Gasteiger partial charge in [0.15, 0.2) is 0 Å². The third-order valence-corrected chi connectivity index (χ3v) is 2.80. The van der Waals surface area contributed by atoms with Crippen LogP contribution in [0.1, 0.15) is 5.56 Å². The number of nitrogens with one attached hydrogen (secondary N) is 1. The summed E-state index contributed by atoms with van der Waals surface area (Å²) in [6, 6.07) is 6.05. The average Bonchev–Trinajstić information content (AvgIpc) is 2.29. The van der Waals surface area contributed by atoms with E-state index in [1.54, 1.807) is 12.1 Å². The molecule has 0 bridgehead atoms. The number of halogens is 2. The van der Waals surface area contributed by atoms with E-state index < -0.39 is 6.09 Å². The van der Waals surface area contributed by atoms with E-state index in [2.05, 4.69) is 10.3 Å². The van der Waals surface area contributed by atoms with Gasteiger partial charge >= 0.3 is 6.09 Å². The largest absolute Gasteiger partial charge is 0.465 e. The highest BCUT2D eigenvalue weighted by molar-refractivity contribution is 6.30. The van der Waals surface area contributed by atoms with Crippen LogP contribution in [-0.2, 0) is 6.42 Å². The highest BCUT2D eigenvalue weighted by atomic mass is 35.5. The van der Waals surface area contributed by atoms with Gasteiger partial charge in [0.2, 0.25) is 0 Å². The number of rotatable bonds is 3. The number of fused-ring (bicyclic) bond motifs is 1. The number of carboxylic acid groups (broad SMARTS) is 1. The van der Waals surface area contributed by atoms with Gasteiger partial charge in [0.25, 0.3) is 0 Å². The molecule has 0 unspecified atom stereocenters. The first-order valence-electron chi connectivity index (χ1n) is 5.28. The van der Waals surface area contributed by atoms with Gasteiger partial charge in [-0.3, -0.25) is 0 Å². The fourth-order valence-electron chi connectivity index (χ4n) is 1.64. The summed E-state index contributed by atoms with van der Waals surface area (Å²) < 4.78 is 13.0. The van der Waals surface area contributed by atoms with E-state index in [9.17, 15) is 9.18 Å². The molecule has 0 aliphatic heterocycles. The average molecular weight is 269 g/mol. The predicted molar refractivity (Wildman–Crippen MR) is 66.4 cm³/mol. The highest BCUT2D eigenvalue weighted by Crippen LogP contribution is 2.21. The van der Waals surface area contributed by atoms with Gasteiger partial charge < -0.3 is 10.4 Å². The molecule has 1 aromatic carbocycles. The Kier molecular flexibility index (Phi) is 3.62. The van der Waals surface area contributed by atoms with E-state index in [1.165, 1.54) is 12.1 Å². The number of carbonyl (C=O) groups is 1. The summed E-state index contributed by atoms with van der Waals surface area (Å²) in [5.74, 6) is -0.369. The Balaban J connectivity index is 2.26. The molecule has 6 heteroatoms. The van der Waals surface area contributed by atoms with Crippen LogP contribution < -0.4 is 5.32 Å². The summed E-state index contributed by atoms with van der Waals surface area (Å²) in [5.41, 5.74) is 1.21. The van der Waals surface area contributed by atoms with Crippen LogP contribution in [-0.4, -0.2) is 22.7 Å². The molecule has 1 heterocycles. The molecule has 94 valence electrons. The Morgan fingerprint density at radius 3 is 2.94 bits per heavy atom. The maximum atomic E-state index is 13.0. The van der Waals surface area contributed by atoms with Crippen molar-refractivity contribution in [3.05, 3.63) is 40.8 Å². The van der Waals surface area contributed by atoms with E-state index in [1.807, 2.05) is 0 Å². The summed E-state index contributed by atoms with van der Waals surface area (Å²) in [7, 11) is 0. The van der Waals surface area contributed by atoms with Gasteiger partial charge in [0, 0.05) is 18.0 Å². The molecular weight excluding hydrogens is 259 g/mol. The van der Waals surface area contributed by atoms with Gasteiger partial charge in [0.1, 0.15) is 11.0 Å². The monoisotopic (exact) mass is 268 g/mol. The van der Waals surface area contributed by atoms with Crippen molar-refractivity contribution in [1.29, 1.82) is 0 Å². The zero-order valence-corrected chi connectivity index (χ0v) is 10.0. The molecule has 0 aliphatic rings. The molecule has 0 saturated heterocycles. The molecule has 0 atom stereocenters. The number of hydrogen-bond acceptors (Lipinski definition) is 2. The van der Waals surface area contributed by atoms with Crippen molar-refractivity contribution >= 4 is 28.6 Å². The molecule has 1 aromatic heterocycles. The Morgan fingerprint density at radius 1 is 1.44 bits per heavy atom. The molecule has 2 N–H and O–H groups in total. The Morgan fingerprint density at radius 2 is 2.22 bits per heavy atom. The SMILES string of the molecule is O=C(O)NCCc1cc2ccc(F)cc2nc1Cl. The third-order valence-electron chi connectivity index (χ3n) is 2.48. The summed E-state index contributed by atoms with van der Waals surface area (Å²) in [6.07, 6.45) is -0.646. The second-order valence-electron chi connectivity index (χ2n) is 3.76. The lowest BCUT2D eigenvalue weighted by Crippen LogP contribution is -2.23. The van der Waals surface area contributed by atoms with Crippen LogP contribution >= 0.6 is 11.6 Å². The first kappa shape index (κ1) is 12.6. The van der Waals surface area contributed by atoms with Crippen LogP contribution in [0.4, 0.5) is 9.18 Å². The summed E-state index contributed by atoms with van der Waals surface area (Å²) in [6.45, 7) is 0.253. The zero-order valence-electron chi connectivity index (χ0n) is 9.28. The van der Waals surface area contributed by atoms with E-state index in [4.69, 9.17) is 16.7 Å². The molecule has 0 radical (unpaired) electrons. The van der Waals surface area contributed by atoms with E-state index in [0.717, 1.165) is 10.9 Å². The van der Waals surface area contributed by atoms with Crippen LogP contribution in [0, 0.1) is 5.82 Å². The minimum Gasteiger partial charge on any atom is -0.465 e. The maximum Gasteiger partial charge on any atom is 0.404 e. The van der Waals surface area contributed by atoms with Crippen LogP contribution in [0.2, 0.25) is 5.15 Å². The normalized spacial score (nSPS) is 10.6. The lowest BCUT2D eigenvalue weighted by Gasteiger charge is -2.06. The van der Waals surface area contributed by atoms with Crippen molar-refractivity contribution in [2.75, 3.05) is 6.54 Å². The molecule has 1 amide bonds. The van der Waals surface area contributed by atoms with Gasteiger partial charge in [0.05, 0.1) is 5.52 Å². The number of aromatic nitrogens is 1. The highest BCUT2D eigenvalue weighted by Gasteiger charge is 2.06. The van der Waals surface area contributed by atoms with Crippen molar-refractivity contribution in [2.45, 2.75) is 6.42 Å². The number of nitrogens with zero attached hydrogens (tertiary/aromatic N) is 1. The maximum absolute atomic E-state index is 13.0. The van der Waals surface area contributed by atoms with E-state index >= 15 is 0 Å². The first-order chi connectivity index (χ1) is 8.56. The first-order valence-corrected chi connectivity index (χ1v) is 5.65. The molecule has 2 rings (SSSR count). The summed E-state index contributed by atoms with van der Waals surface area (Å²) in [4.78, 5) is 14.4. The molecule has 18 heavy (non-hydrogen) atoms. The van der Waals surface area contributed by atoms with Crippen molar-refractivity contribution in [3.8, 4) is 0 Å². The quantitative estimate of drug-likeness (QED) is 0.842. The standard InChI is InChI=1S/C12H10ClFN2O2/c13-11-8(3-4-15-12(17)18)5-7-1-2-9(14)6-10(7)16-11/h1-2,5-6,15H,3-4H2,(H,17,18). The van der Waals surface area contributed by atoms with Gasteiger partial charge in [-0.2, -0.15) is 0 Å². The van der Waals surface area contributed by atoms with Crippen LogP contribution in [0.3, 0.4) is 0 Å². The topological polar surface area (TPSA) is 62.2 Å². The molecule has 0 aliphatic carbocycles. The van der Waals surface area contributed by atoms with Crippen molar-refractivity contribution in [3.63, 3.8) is 0 Å². The molecule has 2 aromatic rings. The lowest BCUT2D eigenvalue weighted by atomic mass is 10.1. The Hall–Kier alpha value is -1.88. The van der Waals surface area contributed by atoms with Crippen LogP contribution in [0.25, 0.3) is 10.9 Å². The van der Waals surface area contributed by atoms with Crippen molar-refractivity contribution in [1.82, 2.24) is 10.3 Å². The minimum absolute atomic E-state index is 0.253. The second-order valence-corrected chi connectivity index (χ2v) is 4.12. The van der Waals surface area contributed by atoms with Crippen LogP contribution in [0.15, 0.2) is 24.3 Å². The zero-order chi connectivity index (χ0) is 13.1. The van der Waals surface area contributed by atoms with Gasteiger partial charge in [-0.25, -0.2) is 14.2 Å². The van der Waals surface area contributed by atoms with Crippen molar-refractivity contribution in [2.24, 2.45) is 0 Å². The molecular formula is C12H10ClFN2O2. The van der Waals surface area contributed by atoms with Gasteiger partial charge in [-0.1, -0.05) is 11.6 Å². The van der Waals surface area contributed by atoms with E-state index in [-0.39, 0.29) is 17.5 Å². The predicted octanol–water partition coefficient (Wildman–Crippen LogP) is 2.84. The fourth-order valence-corrected chi connectivity index (χ4v) is 1.88. The number of benzene rings is 1. The van der Waals surface area contributed by atoms with Gasteiger partial charge in [-0.05, 0) is 30.2 Å². The molecule has 0 fully saturated rings. The van der Waals surface area contributed by atoms with Crippen LogP contribution in [0.5, 0.6) is 0 Å². The van der Waals surface area contributed by atoms with Gasteiger partial charge in [-0.15, -0.1) is 0 Å². The van der Waals surface area contributed by atoms with Crippen molar-refractivity contribution < 1.29 is 14.3 Å².